The van der Waals surface area contributed by atoms with Crippen LogP contribution in [0.4, 0.5) is 0 Å². The molecule has 0 aromatic carbocycles. The second-order valence-electron chi connectivity index (χ2n) is 3.31. The number of ether oxygens (including phenoxy) is 1. The number of aliphatic imine (C=N–C) groups is 1. The van der Waals surface area contributed by atoms with Crippen LogP contribution in [-0.2, 0) is 4.74 Å². The number of nitrogens with one attached hydrogen (secondary N) is 1. The highest BCUT2D eigenvalue weighted by atomic mass is 32.2. The quantitative estimate of drug-likeness (QED) is 0.659. The van der Waals surface area contributed by atoms with Crippen LogP contribution in [0.15, 0.2) is 4.99 Å². The standard InChI is InChI=1S/C8H14N2OS/c1-6-5-12-8(9-6)10-7-2-3-11-4-7/h6-7H,2-5H2,1H3,(H,9,10). The van der Waals surface area contributed by atoms with Gasteiger partial charge in [0.1, 0.15) is 0 Å². The minimum absolute atomic E-state index is 0.408. The fourth-order valence-corrected chi connectivity index (χ4v) is 2.36. The lowest BCUT2D eigenvalue weighted by molar-refractivity contribution is 0.194. The van der Waals surface area contributed by atoms with Gasteiger partial charge in [-0.05, 0) is 13.3 Å². The fourth-order valence-electron chi connectivity index (χ4n) is 1.36. The molecule has 0 saturated carbocycles. The van der Waals surface area contributed by atoms with E-state index in [1.165, 1.54) is 0 Å². The van der Waals surface area contributed by atoms with Gasteiger partial charge in [0.05, 0.1) is 12.6 Å². The zero-order valence-corrected chi connectivity index (χ0v) is 8.06. The normalized spacial score (nSPS) is 38.9. The Morgan fingerprint density at radius 2 is 2.58 bits per heavy atom. The summed E-state index contributed by atoms with van der Waals surface area (Å²) in [6, 6.07) is 0.987. The molecule has 0 aromatic rings. The summed E-state index contributed by atoms with van der Waals surface area (Å²) in [7, 11) is 0. The van der Waals surface area contributed by atoms with Gasteiger partial charge in [-0.3, -0.25) is 4.99 Å². The lowest BCUT2D eigenvalue weighted by Gasteiger charge is -2.03. The van der Waals surface area contributed by atoms with Gasteiger partial charge in [-0.15, -0.1) is 0 Å². The van der Waals surface area contributed by atoms with Crippen LogP contribution in [0.3, 0.4) is 0 Å². The number of hydrogen-bond acceptors (Lipinski definition) is 3. The highest BCUT2D eigenvalue weighted by molar-refractivity contribution is 8.14. The molecule has 2 saturated heterocycles. The Labute approximate surface area is 77.0 Å². The first-order valence-corrected chi connectivity index (χ1v) is 5.38. The van der Waals surface area contributed by atoms with Gasteiger partial charge < -0.3 is 10.1 Å². The summed E-state index contributed by atoms with van der Waals surface area (Å²) >= 11 is 1.82. The smallest absolute Gasteiger partial charge is 0.157 e. The molecule has 1 N–H and O–H groups in total. The maximum Gasteiger partial charge on any atom is 0.157 e. The molecule has 3 nitrogen and oxygen atoms in total. The van der Waals surface area contributed by atoms with Crippen LogP contribution >= 0.6 is 11.8 Å². The molecule has 12 heavy (non-hydrogen) atoms. The Hall–Kier alpha value is -0.220. The van der Waals surface area contributed by atoms with Gasteiger partial charge in [0.2, 0.25) is 0 Å². The molecule has 0 amide bonds. The molecular formula is C8H14N2OS. The van der Waals surface area contributed by atoms with E-state index in [1.807, 2.05) is 11.8 Å². The van der Waals surface area contributed by atoms with Crippen LogP contribution in [0.5, 0.6) is 0 Å². The summed E-state index contributed by atoms with van der Waals surface area (Å²) in [5, 5.41) is 4.45. The van der Waals surface area contributed by atoms with E-state index < -0.39 is 0 Å². The number of nitrogens with zero attached hydrogens (tertiary/aromatic N) is 1. The van der Waals surface area contributed by atoms with Crippen molar-refractivity contribution >= 4 is 16.9 Å². The highest BCUT2D eigenvalue weighted by Crippen LogP contribution is 2.16. The van der Waals surface area contributed by atoms with Gasteiger partial charge in [0.25, 0.3) is 0 Å². The topological polar surface area (TPSA) is 33.6 Å². The number of hydrogen-bond donors (Lipinski definition) is 1. The van der Waals surface area contributed by atoms with Crippen molar-refractivity contribution in [3.63, 3.8) is 0 Å². The maximum absolute atomic E-state index is 5.25. The van der Waals surface area contributed by atoms with Crippen molar-refractivity contribution in [3.8, 4) is 0 Å². The van der Waals surface area contributed by atoms with Crippen LogP contribution in [-0.4, -0.2) is 36.2 Å². The number of amidine groups is 1. The van der Waals surface area contributed by atoms with E-state index in [0.717, 1.165) is 30.6 Å². The van der Waals surface area contributed by atoms with Crippen molar-refractivity contribution in [1.82, 2.24) is 5.32 Å². The molecule has 4 heteroatoms. The third-order valence-electron chi connectivity index (χ3n) is 2.05. The van der Waals surface area contributed by atoms with Crippen molar-refractivity contribution in [3.05, 3.63) is 0 Å². The van der Waals surface area contributed by atoms with Crippen LogP contribution in [0.2, 0.25) is 0 Å². The zero-order chi connectivity index (χ0) is 8.39. The maximum atomic E-state index is 5.25. The molecule has 68 valence electrons. The van der Waals surface area contributed by atoms with Crippen molar-refractivity contribution in [2.24, 2.45) is 4.99 Å². The predicted octanol–water partition coefficient (Wildman–Crippen LogP) is 0.856. The van der Waals surface area contributed by atoms with Crippen molar-refractivity contribution in [1.29, 1.82) is 0 Å². The van der Waals surface area contributed by atoms with Gasteiger partial charge in [-0.1, -0.05) is 11.8 Å². The van der Waals surface area contributed by atoms with E-state index in [2.05, 4.69) is 17.2 Å². The molecule has 0 bridgehead atoms. The summed E-state index contributed by atoms with van der Waals surface area (Å²) < 4.78 is 5.25. The number of rotatable bonds is 1. The van der Waals surface area contributed by atoms with E-state index in [9.17, 15) is 0 Å². The molecule has 2 fully saturated rings. The summed E-state index contributed by atoms with van der Waals surface area (Å²) in [5.74, 6) is 1.15. The minimum Gasteiger partial charge on any atom is -0.379 e. The average molecular weight is 186 g/mol. The van der Waals surface area contributed by atoms with Gasteiger partial charge in [-0.25, -0.2) is 0 Å². The van der Waals surface area contributed by atoms with E-state index in [-0.39, 0.29) is 0 Å². The monoisotopic (exact) mass is 186 g/mol. The molecular weight excluding hydrogens is 172 g/mol. The van der Waals surface area contributed by atoms with Crippen molar-refractivity contribution in [2.45, 2.75) is 25.4 Å². The first-order valence-electron chi connectivity index (χ1n) is 4.39. The Bertz CT molecular complexity index is 189. The largest absolute Gasteiger partial charge is 0.379 e. The lowest BCUT2D eigenvalue weighted by Crippen LogP contribution is -2.24. The molecule has 2 aliphatic rings. The van der Waals surface area contributed by atoms with Crippen LogP contribution in [0.1, 0.15) is 13.3 Å². The van der Waals surface area contributed by atoms with Crippen molar-refractivity contribution in [2.75, 3.05) is 19.0 Å². The zero-order valence-electron chi connectivity index (χ0n) is 7.25. The first kappa shape index (κ1) is 8.38. The third-order valence-corrected chi connectivity index (χ3v) is 3.21. The molecule has 0 aliphatic carbocycles. The Morgan fingerprint density at radius 1 is 1.67 bits per heavy atom. The molecule has 2 aliphatic heterocycles. The van der Waals surface area contributed by atoms with E-state index >= 15 is 0 Å². The molecule has 2 rings (SSSR count). The van der Waals surface area contributed by atoms with E-state index in [4.69, 9.17) is 4.74 Å². The van der Waals surface area contributed by atoms with E-state index in [0.29, 0.717) is 12.1 Å². The first-order chi connectivity index (χ1) is 5.84. The lowest BCUT2D eigenvalue weighted by atomic mass is 10.3. The average Bonchev–Trinajstić information content (AvgIpc) is 2.63. The molecule has 0 spiro atoms. The summed E-state index contributed by atoms with van der Waals surface area (Å²) in [4.78, 5) is 4.57. The number of thioether (sulfide) groups is 1. The molecule has 0 aromatic heterocycles. The fraction of sp³-hybridized carbons (Fsp3) is 0.875. The van der Waals surface area contributed by atoms with Crippen LogP contribution in [0, 0.1) is 0 Å². The van der Waals surface area contributed by atoms with Gasteiger partial charge in [0.15, 0.2) is 5.17 Å². The molecule has 0 radical (unpaired) electrons. The second-order valence-corrected chi connectivity index (χ2v) is 4.32. The molecule has 2 unspecified atom stereocenters. The summed E-state index contributed by atoms with van der Waals surface area (Å²) in [6.45, 7) is 3.86. The van der Waals surface area contributed by atoms with Gasteiger partial charge in [-0.2, -0.15) is 0 Å². The summed E-state index contributed by atoms with van der Waals surface area (Å²) in [6.07, 6.45) is 1.08. The Balaban J connectivity index is 1.90. The third kappa shape index (κ3) is 1.93. The Morgan fingerprint density at radius 3 is 3.17 bits per heavy atom. The van der Waals surface area contributed by atoms with E-state index in [1.54, 1.807) is 0 Å². The minimum atomic E-state index is 0.408. The Kier molecular flexibility index (Phi) is 2.56. The summed E-state index contributed by atoms with van der Waals surface area (Å²) in [5.41, 5.74) is 0. The van der Waals surface area contributed by atoms with Gasteiger partial charge in [0, 0.05) is 18.4 Å². The second kappa shape index (κ2) is 3.66. The van der Waals surface area contributed by atoms with Crippen molar-refractivity contribution < 1.29 is 4.74 Å². The van der Waals surface area contributed by atoms with Crippen LogP contribution in [0.25, 0.3) is 0 Å². The van der Waals surface area contributed by atoms with Crippen LogP contribution < -0.4 is 5.32 Å². The highest BCUT2D eigenvalue weighted by Gasteiger charge is 2.19. The molecule has 2 heterocycles. The molecule has 2 atom stereocenters. The SMILES string of the molecule is CC1CSC(=NC2CCOC2)N1. The predicted molar refractivity (Wildman–Crippen MR) is 51.7 cm³/mol. The van der Waals surface area contributed by atoms with Gasteiger partial charge >= 0.3 is 0 Å².